The molecule has 0 spiro atoms. The molecule has 7 heteroatoms. The molecule has 0 bridgehead atoms. The summed E-state index contributed by atoms with van der Waals surface area (Å²) in [6, 6.07) is 11.3. The van der Waals surface area contributed by atoms with Gasteiger partial charge in [-0.1, -0.05) is 19.4 Å². The van der Waals surface area contributed by atoms with Crippen LogP contribution in [-0.4, -0.2) is 15.8 Å². The van der Waals surface area contributed by atoms with Gasteiger partial charge in [0.05, 0.1) is 5.82 Å². The topological polar surface area (TPSA) is 95.9 Å². The van der Waals surface area contributed by atoms with E-state index in [9.17, 15) is 4.39 Å². The molecule has 1 saturated carbocycles. The number of halogens is 1. The first-order valence-electron chi connectivity index (χ1n) is 12.0. The lowest BCUT2D eigenvalue weighted by Gasteiger charge is -2.32. The van der Waals surface area contributed by atoms with Crippen molar-refractivity contribution in [2.24, 2.45) is 23.1 Å². The van der Waals surface area contributed by atoms with Crippen LogP contribution in [-0.2, 0) is 6.54 Å². The fraction of sp³-hybridized carbons (Fsp3) is 0.321. The number of hydrogen-bond donors (Lipinski definition) is 3. The Kier molecular flexibility index (Phi) is 7.55. The molecule has 6 N–H and O–H groups in total. The van der Waals surface area contributed by atoms with Crippen molar-refractivity contribution in [2.75, 3.05) is 6.26 Å². The Morgan fingerprint density at radius 2 is 1.97 bits per heavy atom. The van der Waals surface area contributed by atoms with E-state index in [1.807, 2.05) is 31.5 Å². The Morgan fingerprint density at radius 3 is 2.63 bits per heavy atom. The Morgan fingerprint density at radius 1 is 1.20 bits per heavy atom. The van der Waals surface area contributed by atoms with Crippen molar-refractivity contribution < 1.29 is 4.39 Å². The van der Waals surface area contributed by atoms with Gasteiger partial charge in [-0.15, -0.1) is 11.8 Å². The van der Waals surface area contributed by atoms with Crippen LogP contribution < -0.4 is 17.2 Å². The quantitative estimate of drug-likeness (QED) is 0.273. The normalized spacial score (nSPS) is 15.0. The number of thioether (sulfide) groups is 1. The highest BCUT2D eigenvalue weighted by atomic mass is 32.2. The number of benzene rings is 2. The van der Waals surface area contributed by atoms with Crippen LogP contribution in [0.2, 0.25) is 0 Å². The van der Waals surface area contributed by atoms with Gasteiger partial charge in [0, 0.05) is 40.7 Å². The van der Waals surface area contributed by atoms with Gasteiger partial charge < -0.3 is 21.8 Å². The smallest absolute Gasteiger partial charge is 0.140 e. The number of imidazole rings is 1. The van der Waals surface area contributed by atoms with Crippen molar-refractivity contribution in [2.45, 2.75) is 50.5 Å². The van der Waals surface area contributed by atoms with E-state index in [1.54, 1.807) is 24.0 Å². The first-order valence-corrected chi connectivity index (χ1v) is 13.2. The predicted molar refractivity (Wildman–Crippen MR) is 144 cm³/mol. The van der Waals surface area contributed by atoms with Gasteiger partial charge in [0.1, 0.15) is 11.6 Å². The first kappa shape index (κ1) is 24.9. The van der Waals surface area contributed by atoms with E-state index in [1.165, 1.54) is 25.3 Å². The van der Waals surface area contributed by atoms with Crippen molar-refractivity contribution in [3.63, 3.8) is 0 Å². The highest BCUT2D eigenvalue weighted by molar-refractivity contribution is 7.98. The SMILES string of the molecule is CSc1ccc(Cn2ccnc2-c2ccc(F)cc2C(C)C2CCC2)c(/C(N)=C/C(C)=C(N)N)c1. The molecule has 1 atom stereocenters. The molecule has 35 heavy (non-hydrogen) atoms. The average Bonchev–Trinajstić information content (AvgIpc) is 3.25. The second-order valence-corrected chi connectivity index (χ2v) is 10.2. The van der Waals surface area contributed by atoms with Crippen molar-refractivity contribution in [1.29, 1.82) is 0 Å². The van der Waals surface area contributed by atoms with Gasteiger partial charge >= 0.3 is 0 Å². The van der Waals surface area contributed by atoms with Crippen molar-refractivity contribution in [3.05, 3.63) is 88.8 Å². The van der Waals surface area contributed by atoms with E-state index in [2.05, 4.69) is 34.7 Å². The lowest BCUT2D eigenvalue weighted by atomic mass is 9.73. The zero-order valence-electron chi connectivity index (χ0n) is 20.6. The van der Waals surface area contributed by atoms with Crippen LogP contribution in [0.15, 0.2) is 71.2 Å². The summed E-state index contributed by atoms with van der Waals surface area (Å²) >= 11 is 1.66. The Bertz CT molecular complexity index is 1270. The molecule has 1 heterocycles. The van der Waals surface area contributed by atoms with Crippen LogP contribution in [0.25, 0.3) is 17.1 Å². The minimum atomic E-state index is -0.205. The van der Waals surface area contributed by atoms with Crippen LogP contribution in [0.3, 0.4) is 0 Å². The zero-order chi connectivity index (χ0) is 25.1. The zero-order valence-corrected chi connectivity index (χ0v) is 21.4. The summed E-state index contributed by atoms with van der Waals surface area (Å²) in [6.45, 7) is 4.62. The third-order valence-corrected chi connectivity index (χ3v) is 7.84. The van der Waals surface area contributed by atoms with Gasteiger partial charge in [-0.05, 0) is 91.0 Å². The minimum Gasteiger partial charge on any atom is -0.398 e. The van der Waals surface area contributed by atoms with E-state index < -0.39 is 0 Å². The van der Waals surface area contributed by atoms with Crippen molar-refractivity contribution in [1.82, 2.24) is 9.55 Å². The second-order valence-electron chi connectivity index (χ2n) is 9.35. The van der Waals surface area contributed by atoms with Crippen molar-refractivity contribution in [3.8, 4) is 11.4 Å². The lowest BCUT2D eigenvalue weighted by molar-refractivity contribution is 0.272. The molecule has 2 aromatic carbocycles. The second kappa shape index (κ2) is 10.6. The summed E-state index contributed by atoms with van der Waals surface area (Å²) in [4.78, 5) is 5.80. The predicted octanol–water partition coefficient (Wildman–Crippen LogP) is 5.81. The standard InChI is InChI=1S/C28H34FN5S/c1-17(27(31)32)13-26(30)25-15-22(35-3)9-7-20(25)16-34-12-11-33-28(34)23-10-8-21(29)14-24(23)18(2)19-5-4-6-19/h7-15,18-19H,4-6,16,30-32H2,1-3H3/b26-13-. The summed E-state index contributed by atoms with van der Waals surface area (Å²) in [6.07, 6.45) is 11.3. The van der Waals surface area contributed by atoms with E-state index >= 15 is 0 Å². The Hall–Kier alpha value is -3.19. The van der Waals surface area contributed by atoms with Gasteiger partial charge in [-0.2, -0.15) is 0 Å². The molecule has 184 valence electrons. The van der Waals surface area contributed by atoms with E-state index in [4.69, 9.17) is 17.2 Å². The molecule has 1 fully saturated rings. The summed E-state index contributed by atoms with van der Waals surface area (Å²) in [7, 11) is 0. The van der Waals surface area contributed by atoms with E-state index in [0.717, 1.165) is 38.5 Å². The van der Waals surface area contributed by atoms with E-state index in [-0.39, 0.29) is 17.6 Å². The number of nitrogens with zero attached hydrogens (tertiary/aromatic N) is 2. The molecule has 4 rings (SSSR count). The minimum absolute atomic E-state index is 0.205. The molecule has 1 aliphatic carbocycles. The maximum Gasteiger partial charge on any atom is 0.140 e. The fourth-order valence-corrected chi connectivity index (χ4v) is 5.10. The van der Waals surface area contributed by atoms with E-state index in [0.29, 0.717) is 18.2 Å². The fourth-order valence-electron chi connectivity index (χ4n) is 4.66. The average molecular weight is 492 g/mol. The third kappa shape index (κ3) is 5.40. The maximum absolute atomic E-state index is 14.3. The number of allylic oxidation sites excluding steroid dienone is 2. The highest BCUT2D eigenvalue weighted by Gasteiger charge is 2.28. The monoisotopic (exact) mass is 491 g/mol. The summed E-state index contributed by atoms with van der Waals surface area (Å²) in [5, 5.41) is 0. The molecule has 5 nitrogen and oxygen atoms in total. The molecule has 1 unspecified atom stereocenters. The first-order chi connectivity index (χ1) is 16.8. The molecule has 0 saturated heterocycles. The lowest BCUT2D eigenvalue weighted by Crippen LogP contribution is -2.19. The van der Waals surface area contributed by atoms with Gasteiger partial charge in [-0.25, -0.2) is 9.37 Å². The van der Waals surface area contributed by atoms with Gasteiger partial charge in [0.25, 0.3) is 0 Å². The number of hydrogen-bond acceptors (Lipinski definition) is 5. The molecular formula is C28H34FN5S. The molecule has 0 amide bonds. The molecule has 3 aromatic rings. The van der Waals surface area contributed by atoms with Gasteiger partial charge in [0.15, 0.2) is 0 Å². The third-order valence-electron chi connectivity index (χ3n) is 7.11. The number of aromatic nitrogens is 2. The van der Waals surface area contributed by atoms with Gasteiger partial charge in [-0.3, -0.25) is 0 Å². The Balaban J connectivity index is 1.74. The van der Waals surface area contributed by atoms with Crippen LogP contribution in [0.4, 0.5) is 4.39 Å². The van der Waals surface area contributed by atoms with Crippen LogP contribution >= 0.6 is 11.8 Å². The maximum atomic E-state index is 14.3. The van der Waals surface area contributed by atoms with Crippen LogP contribution in [0, 0.1) is 11.7 Å². The number of nitrogens with two attached hydrogens (primary N) is 3. The number of rotatable bonds is 8. The van der Waals surface area contributed by atoms with Crippen LogP contribution in [0.1, 0.15) is 55.7 Å². The molecule has 1 aliphatic rings. The largest absolute Gasteiger partial charge is 0.398 e. The molecule has 0 aliphatic heterocycles. The molecular weight excluding hydrogens is 457 g/mol. The molecule has 1 aromatic heterocycles. The van der Waals surface area contributed by atoms with Crippen LogP contribution in [0.5, 0.6) is 0 Å². The summed E-state index contributed by atoms with van der Waals surface area (Å²) < 4.78 is 16.4. The molecule has 0 radical (unpaired) electrons. The highest BCUT2D eigenvalue weighted by Crippen LogP contribution is 2.42. The Labute approximate surface area is 211 Å². The van der Waals surface area contributed by atoms with Gasteiger partial charge in [0.2, 0.25) is 0 Å². The summed E-state index contributed by atoms with van der Waals surface area (Å²) in [5.41, 5.74) is 23.3. The summed E-state index contributed by atoms with van der Waals surface area (Å²) in [5.74, 6) is 1.75. The van der Waals surface area contributed by atoms with Crippen molar-refractivity contribution >= 4 is 17.5 Å².